The van der Waals surface area contributed by atoms with E-state index in [-0.39, 0.29) is 0 Å². The van der Waals surface area contributed by atoms with E-state index in [0.717, 1.165) is 36.7 Å². The third kappa shape index (κ3) is 3.40. The number of rotatable bonds is 6. The van der Waals surface area contributed by atoms with E-state index in [1.165, 1.54) is 5.56 Å². The molecular weight excluding hydrogens is 262 g/mol. The molecule has 5 nitrogen and oxygen atoms in total. The second-order valence-electron chi connectivity index (χ2n) is 5.02. The molecule has 0 saturated heterocycles. The topological polar surface area (TPSA) is 57.7 Å². The van der Waals surface area contributed by atoms with Gasteiger partial charge in [0.1, 0.15) is 5.82 Å². The quantitative estimate of drug-likeness (QED) is 0.604. The van der Waals surface area contributed by atoms with E-state index in [9.17, 15) is 5.26 Å². The molecule has 2 aromatic rings. The van der Waals surface area contributed by atoms with Crippen LogP contribution in [0, 0.1) is 18.4 Å². The molecule has 5 heteroatoms. The van der Waals surface area contributed by atoms with Crippen LogP contribution < -0.4 is 4.90 Å². The van der Waals surface area contributed by atoms with Crippen molar-refractivity contribution in [2.75, 3.05) is 4.90 Å². The highest BCUT2D eigenvalue weighted by Crippen LogP contribution is 2.18. The molecule has 0 amide bonds. The monoisotopic (exact) mass is 283 g/mol. The molecule has 0 aliphatic rings. The Balaban J connectivity index is 2.25. The molecule has 110 valence electrons. The van der Waals surface area contributed by atoms with Crippen LogP contribution in [0.5, 0.6) is 0 Å². The number of aromatic nitrogens is 3. The van der Waals surface area contributed by atoms with Crippen molar-refractivity contribution in [2.45, 2.75) is 46.7 Å². The fourth-order valence-corrected chi connectivity index (χ4v) is 2.33. The van der Waals surface area contributed by atoms with E-state index in [4.69, 9.17) is 0 Å². The molecule has 0 unspecified atom stereocenters. The second-order valence-corrected chi connectivity index (χ2v) is 5.02. The van der Waals surface area contributed by atoms with Gasteiger partial charge in [0.2, 0.25) is 0 Å². The molecule has 0 N–H and O–H groups in total. The summed E-state index contributed by atoms with van der Waals surface area (Å²) in [4.78, 5) is 1.66. The first-order valence-electron chi connectivity index (χ1n) is 7.34. The molecule has 0 radical (unpaired) electrons. The molecule has 1 aromatic carbocycles. The Morgan fingerprint density at radius 2 is 2.10 bits per heavy atom. The maximum Gasteiger partial charge on any atom is 0.184 e. The second kappa shape index (κ2) is 6.89. The SMILES string of the molecule is CCCn1c(C)nnc1CN(C#N)c1cccc(CC)c1. The number of benzene rings is 1. The zero-order chi connectivity index (χ0) is 15.2. The number of nitrogens with zero attached hydrogens (tertiary/aromatic N) is 5. The number of anilines is 1. The van der Waals surface area contributed by atoms with Crippen molar-refractivity contribution in [1.82, 2.24) is 14.8 Å². The summed E-state index contributed by atoms with van der Waals surface area (Å²) in [5, 5.41) is 17.8. The van der Waals surface area contributed by atoms with Gasteiger partial charge in [-0.2, -0.15) is 5.26 Å². The third-order valence-electron chi connectivity index (χ3n) is 3.51. The van der Waals surface area contributed by atoms with E-state index in [2.05, 4.69) is 46.9 Å². The van der Waals surface area contributed by atoms with Gasteiger partial charge in [-0.25, -0.2) is 0 Å². The highest BCUT2D eigenvalue weighted by atomic mass is 15.3. The van der Waals surface area contributed by atoms with E-state index in [1.807, 2.05) is 19.1 Å². The number of aryl methyl sites for hydroxylation is 2. The Hall–Kier alpha value is -2.35. The van der Waals surface area contributed by atoms with Gasteiger partial charge in [-0.3, -0.25) is 4.90 Å². The lowest BCUT2D eigenvalue weighted by molar-refractivity contribution is 0.620. The molecule has 0 fully saturated rings. The molecule has 0 saturated carbocycles. The summed E-state index contributed by atoms with van der Waals surface area (Å²) in [6.45, 7) is 7.50. The Kier molecular flexibility index (Phi) is 4.94. The van der Waals surface area contributed by atoms with Gasteiger partial charge in [-0.1, -0.05) is 26.0 Å². The van der Waals surface area contributed by atoms with Gasteiger partial charge in [0.15, 0.2) is 12.0 Å². The fraction of sp³-hybridized carbons (Fsp3) is 0.438. The van der Waals surface area contributed by atoms with Crippen molar-refractivity contribution in [3.63, 3.8) is 0 Å². The standard InChI is InChI=1S/C16H21N5/c1-4-9-21-13(3)18-19-16(21)11-20(12-17)15-8-6-7-14(5-2)10-15/h6-8,10H,4-5,9,11H2,1-3H3. The van der Waals surface area contributed by atoms with Gasteiger partial charge in [-0.05, 0) is 37.5 Å². The minimum absolute atomic E-state index is 0.449. The van der Waals surface area contributed by atoms with E-state index in [1.54, 1.807) is 4.90 Å². The predicted molar refractivity (Wildman–Crippen MR) is 82.7 cm³/mol. The zero-order valence-electron chi connectivity index (χ0n) is 12.9. The molecule has 0 atom stereocenters. The van der Waals surface area contributed by atoms with Crippen molar-refractivity contribution in [3.05, 3.63) is 41.5 Å². The number of hydrogen-bond acceptors (Lipinski definition) is 4. The molecular formula is C16H21N5. The molecule has 0 aliphatic carbocycles. The van der Waals surface area contributed by atoms with Gasteiger partial charge in [-0.15, -0.1) is 10.2 Å². The number of hydrogen-bond donors (Lipinski definition) is 0. The molecule has 1 heterocycles. The maximum absolute atomic E-state index is 9.45. The summed E-state index contributed by atoms with van der Waals surface area (Å²) < 4.78 is 2.08. The van der Waals surface area contributed by atoms with Crippen LogP contribution in [-0.2, 0) is 19.5 Å². The Morgan fingerprint density at radius 1 is 1.29 bits per heavy atom. The van der Waals surface area contributed by atoms with Crippen LogP contribution in [0.1, 0.15) is 37.5 Å². The lowest BCUT2D eigenvalue weighted by Gasteiger charge is -2.17. The lowest BCUT2D eigenvalue weighted by atomic mass is 10.1. The first-order chi connectivity index (χ1) is 10.2. The molecule has 0 bridgehead atoms. The normalized spacial score (nSPS) is 10.4. The summed E-state index contributed by atoms with van der Waals surface area (Å²) in [7, 11) is 0. The van der Waals surface area contributed by atoms with E-state index in [0.29, 0.717) is 6.54 Å². The van der Waals surface area contributed by atoms with Crippen LogP contribution in [0.15, 0.2) is 24.3 Å². The lowest BCUT2D eigenvalue weighted by Crippen LogP contribution is -2.19. The Labute approximate surface area is 125 Å². The molecule has 0 aliphatic heterocycles. The van der Waals surface area contributed by atoms with Gasteiger partial charge < -0.3 is 4.57 Å². The average molecular weight is 283 g/mol. The zero-order valence-corrected chi connectivity index (χ0v) is 12.9. The van der Waals surface area contributed by atoms with Gasteiger partial charge in [0.05, 0.1) is 12.2 Å². The minimum Gasteiger partial charge on any atom is -0.314 e. The van der Waals surface area contributed by atoms with Crippen molar-refractivity contribution in [3.8, 4) is 6.19 Å². The summed E-state index contributed by atoms with van der Waals surface area (Å²) in [6.07, 6.45) is 4.22. The van der Waals surface area contributed by atoms with Gasteiger partial charge in [0.25, 0.3) is 0 Å². The molecule has 1 aromatic heterocycles. The fourth-order valence-electron chi connectivity index (χ4n) is 2.33. The van der Waals surface area contributed by atoms with Gasteiger partial charge in [0, 0.05) is 6.54 Å². The van der Waals surface area contributed by atoms with E-state index < -0.39 is 0 Å². The molecule has 0 spiro atoms. The molecule has 2 rings (SSSR count). The smallest absolute Gasteiger partial charge is 0.184 e. The molecule has 21 heavy (non-hydrogen) atoms. The summed E-state index contributed by atoms with van der Waals surface area (Å²) in [5.41, 5.74) is 2.12. The third-order valence-corrected chi connectivity index (χ3v) is 3.51. The highest BCUT2D eigenvalue weighted by molar-refractivity contribution is 5.52. The average Bonchev–Trinajstić information content (AvgIpc) is 2.86. The van der Waals surface area contributed by atoms with Crippen LogP contribution in [-0.4, -0.2) is 14.8 Å². The first kappa shape index (κ1) is 15.0. The minimum atomic E-state index is 0.449. The summed E-state index contributed by atoms with van der Waals surface area (Å²) >= 11 is 0. The van der Waals surface area contributed by atoms with E-state index >= 15 is 0 Å². The first-order valence-corrected chi connectivity index (χ1v) is 7.34. The Morgan fingerprint density at radius 3 is 2.76 bits per heavy atom. The van der Waals surface area contributed by atoms with Gasteiger partial charge >= 0.3 is 0 Å². The van der Waals surface area contributed by atoms with Crippen molar-refractivity contribution < 1.29 is 0 Å². The largest absolute Gasteiger partial charge is 0.314 e. The van der Waals surface area contributed by atoms with Crippen molar-refractivity contribution >= 4 is 5.69 Å². The van der Waals surface area contributed by atoms with Crippen LogP contribution in [0.2, 0.25) is 0 Å². The Bertz CT molecular complexity index is 638. The van der Waals surface area contributed by atoms with Crippen LogP contribution in [0.3, 0.4) is 0 Å². The summed E-state index contributed by atoms with van der Waals surface area (Å²) in [5.74, 6) is 1.73. The highest BCUT2D eigenvalue weighted by Gasteiger charge is 2.13. The maximum atomic E-state index is 9.45. The predicted octanol–water partition coefficient (Wildman–Crippen LogP) is 3.05. The summed E-state index contributed by atoms with van der Waals surface area (Å²) in [6, 6.07) is 8.07. The van der Waals surface area contributed by atoms with Crippen LogP contribution in [0.25, 0.3) is 0 Å². The van der Waals surface area contributed by atoms with Crippen LogP contribution in [0.4, 0.5) is 5.69 Å². The van der Waals surface area contributed by atoms with Crippen LogP contribution >= 0.6 is 0 Å². The van der Waals surface area contributed by atoms with Crippen molar-refractivity contribution in [1.29, 1.82) is 5.26 Å². The number of nitriles is 1. The van der Waals surface area contributed by atoms with Crippen molar-refractivity contribution in [2.24, 2.45) is 0 Å².